The molecule has 1 amide bonds. The first-order valence-corrected chi connectivity index (χ1v) is 9.65. The normalized spacial score (nSPS) is 14.7. The monoisotopic (exact) mass is 363 g/mol. The minimum absolute atomic E-state index is 0.0843. The van der Waals surface area contributed by atoms with Gasteiger partial charge in [0.2, 0.25) is 0 Å². The summed E-state index contributed by atoms with van der Waals surface area (Å²) < 4.78 is 1.83. The third-order valence-electron chi connectivity index (χ3n) is 5.23. The number of carbonyl (C=O) groups excluding carboxylic acids is 1. The number of nitrogens with zero attached hydrogens (tertiary/aromatic N) is 4. The zero-order valence-corrected chi connectivity index (χ0v) is 15.7. The second-order valence-corrected chi connectivity index (χ2v) is 7.04. The Morgan fingerprint density at radius 1 is 1.11 bits per heavy atom. The van der Waals surface area contributed by atoms with E-state index in [1.165, 1.54) is 37.1 Å². The Labute approximate surface area is 159 Å². The summed E-state index contributed by atoms with van der Waals surface area (Å²) in [6, 6.07) is 13.9. The molecule has 6 nitrogen and oxygen atoms in total. The Morgan fingerprint density at radius 2 is 1.89 bits per heavy atom. The maximum absolute atomic E-state index is 12.6. The molecule has 0 aliphatic carbocycles. The number of likely N-dealkylation sites (tertiary alicyclic amines) is 1. The van der Waals surface area contributed by atoms with Gasteiger partial charge in [-0.1, -0.05) is 29.5 Å². The molecule has 1 aliphatic rings. The quantitative estimate of drug-likeness (QED) is 0.731. The lowest BCUT2D eigenvalue weighted by Gasteiger charge is -2.17. The minimum Gasteiger partial charge on any atom is -0.348 e. The van der Waals surface area contributed by atoms with E-state index < -0.39 is 0 Å². The molecule has 1 aliphatic heterocycles. The van der Waals surface area contributed by atoms with Crippen LogP contribution in [0.1, 0.15) is 41.3 Å². The Hall–Kier alpha value is -2.73. The Bertz CT molecular complexity index is 943. The van der Waals surface area contributed by atoms with Gasteiger partial charge in [0.05, 0.1) is 5.52 Å². The maximum atomic E-state index is 12.6. The van der Waals surface area contributed by atoms with Crippen molar-refractivity contribution in [3.8, 4) is 0 Å². The van der Waals surface area contributed by atoms with Gasteiger partial charge in [-0.3, -0.25) is 9.69 Å². The summed E-state index contributed by atoms with van der Waals surface area (Å²) in [4.78, 5) is 15.1. The van der Waals surface area contributed by atoms with Crippen molar-refractivity contribution < 1.29 is 4.79 Å². The molecule has 1 aromatic heterocycles. The molecule has 0 atom stereocenters. The van der Waals surface area contributed by atoms with E-state index in [4.69, 9.17) is 0 Å². The second kappa shape index (κ2) is 7.88. The molecule has 1 fully saturated rings. The first kappa shape index (κ1) is 17.7. The van der Waals surface area contributed by atoms with Crippen LogP contribution in [0.25, 0.3) is 11.0 Å². The van der Waals surface area contributed by atoms with Crippen LogP contribution in [0.3, 0.4) is 0 Å². The Morgan fingerprint density at radius 3 is 2.67 bits per heavy atom. The van der Waals surface area contributed by atoms with Crippen molar-refractivity contribution in [1.29, 1.82) is 0 Å². The van der Waals surface area contributed by atoms with Crippen LogP contribution >= 0.6 is 0 Å². The van der Waals surface area contributed by atoms with Crippen LogP contribution in [-0.4, -0.2) is 38.9 Å². The Kier molecular flexibility index (Phi) is 5.16. The molecular formula is C21H25N5O. The molecule has 0 saturated carbocycles. The first-order valence-electron chi connectivity index (χ1n) is 9.65. The van der Waals surface area contributed by atoms with Gasteiger partial charge in [0.15, 0.2) is 0 Å². The molecule has 27 heavy (non-hydrogen) atoms. The molecule has 0 spiro atoms. The van der Waals surface area contributed by atoms with Crippen molar-refractivity contribution in [1.82, 2.24) is 25.2 Å². The van der Waals surface area contributed by atoms with Crippen molar-refractivity contribution in [3.63, 3.8) is 0 Å². The highest BCUT2D eigenvalue weighted by Crippen LogP contribution is 2.17. The van der Waals surface area contributed by atoms with Crippen LogP contribution in [0.5, 0.6) is 0 Å². The molecular weight excluding hydrogens is 338 g/mol. The highest BCUT2D eigenvalue weighted by Gasteiger charge is 2.14. The van der Waals surface area contributed by atoms with Crippen molar-refractivity contribution in [2.75, 3.05) is 13.1 Å². The molecule has 0 radical (unpaired) electrons. The average Bonchev–Trinajstić information content (AvgIpc) is 3.35. The van der Waals surface area contributed by atoms with E-state index in [2.05, 4.69) is 38.7 Å². The zero-order chi connectivity index (χ0) is 18.6. The van der Waals surface area contributed by atoms with E-state index in [1.54, 1.807) is 6.07 Å². The molecule has 1 saturated heterocycles. The lowest BCUT2D eigenvalue weighted by atomic mass is 10.1. The number of hydrogen-bond donors (Lipinski definition) is 1. The van der Waals surface area contributed by atoms with Gasteiger partial charge in [0.25, 0.3) is 5.91 Å². The maximum Gasteiger partial charge on any atom is 0.251 e. The summed E-state index contributed by atoms with van der Waals surface area (Å²) >= 11 is 0. The molecule has 140 valence electrons. The number of carbonyl (C=O) groups is 1. The van der Waals surface area contributed by atoms with E-state index in [0.717, 1.165) is 24.1 Å². The third-order valence-corrected chi connectivity index (χ3v) is 5.23. The van der Waals surface area contributed by atoms with Gasteiger partial charge in [-0.2, -0.15) is 0 Å². The standard InChI is InChI=1S/C21H25N5O/c1-2-26-20-10-9-16(13-19(20)23-24-26)21(27)22-14-17-7-3-4-8-18(17)15-25-11-5-6-12-25/h3-4,7-10,13H,2,5-6,11-12,14-15H2,1H3,(H,22,27). The fourth-order valence-corrected chi connectivity index (χ4v) is 3.69. The van der Waals surface area contributed by atoms with Crippen LogP contribution in [0, 0.1) is 0 Å². The number of aromatic nitrogens is 3. The summed E-state index contributed by atoms with van der Waals surface area (Å²) in [7, 11) is 0. The molecule has 2 heterocycles. The van der Waals surface area contributed by atoms with Gasteiger partial charge in [0.1, 0.15) is 5.52 Å². The zero-order valence-electron chi connectivity index (χ0n) is 15.7. The Balaban J connectivity index is 1.44. The number of aryl methyl sites for hydroxylation is 1. The number of amides is 1. The van der Waals surface area contributed by atoms with E-state index in [-0.39, 0.29) is 5.91 Å². The average molecular weight is 363 g/mol. The molecule has 0 bridgehead atoms. The summed E-state index contributed by atoms with van der Waals surface area (Å²) in [6.45, 7) is 6.60. The SMILES string of the molecule is CCn1nnc2cc(C(=O)NCc3ccccc3CN3CCCC3)ccc21. The largest absolute Gasteiger partial charge is 0.348 e. The van der Waals surface area contributed by atoms with Crippen molar-refractivity contribution >= 4 is 16.9 Å². The van der Waals surface area contributed by atoms with Crippen molar-refractivity contribution in [2.45, 2.75) is 39.4 Å². The van der Waals surface area contributed by atoms with Crippen molar-refractivity contribution in [3.05, 3.63) is 59.2 Å². The summed E-state index contributed by atoms with van der Waals surface area (Å²) in [5.74, 6) is -0.0843. The molecule has 6 heteroatoms. The van der Waals surface area contributed by atoms with Crippen LogP contribution < -0.4 is 5.32 Å². The van der Waals surface area contributed by atoms with Gasteiger partial charge < -0.3 is 5.32 Å². The van der Waals surface area contributed by atoms with Gasteiger partial charge >= 0.3 is 0 Å². The van der Waals surface area contributed by atoms with Gasteiger partial charge in [0, 0.05) is 25.2 Å². The first-order chi connectivity index (χ1) is 13.2. The number of hydrogen-bond acceptors (Lipinski definition) is 4. The van der Waals surface area contributed by atoms with Crippen molar-refractivity contribution in [2.24, 2.45) is 0 Å². The number of nitrogens with one attached hydrogen (secondary N) is 1. The summed E-state index contributed by atoms with van der Waals surface area (Å²) in [6.07, 6.45) is 2.56. The summed E-state index contributed by atoms with van der Waals surface area (Å²) in [5.41, 5.74) is 4.78. The van der Waals surface area contributed by atoms with Gasteiger partial charge in [-0.05, 0) is 62.2 Å². The highest BCUT2D eigenvalue weighted by atomic mass is 16.1. The topological polar surface area (TPSA) is 63.1 Å². The molecule has 2 aromatic carbocycles. The minimum atomic E-state index is -0.0843. The van der Waals surface area contributed by atoms with E-state index in [1.807, 2.05) is 29.8 Å². The number of fused-ring (bicyclic) bond motifs is 1. The van der Waals surface area contributed by atoms with E-state index >= 15 is 0 Å². The summed E-state index contributed by atoms with van der Waals surface area (Å²) in [5, 5.41) is 11.3. The predicted octanol–water partition coefficient (Wildman–Crippen LogP) is 2.98. The van der Waals surface area contributed by atoms with Crippen LogP contribution in [0.15, 0.2) is 42.5 Å². The van der Waals surface area contributed by atoms with Crippen LogP contribution in [0.2, 0.25) is 0 Å². The van der Waals surface area contributed by atoms with Crippen LogP contribution in [0.4, 0.5) is 0 Å². The second-order valence-electron chi connectivity index (χ2n) is 7.04. The molecule has 3 aromatic rings. The van der Waals surface area contributed by atoms with Crippen LogP contribution in [-0.2, 0) is 19.6 Å². The number of benzene rings is 2. The van der Waals surface area contributed by atoms with Gasteiger partial charge in [-0.25, -0.2) is 4.68 Å². The third kappa shape index (κ3) is 3.85. The fraction of sp³-hybridized carbons (Fsp3) is 0.381. The lowest BCUT2D eigenvalue weighted by Crippen LogP contribution is -2.25. The smallest absolute Gasteiger partial charge is 0.251 e. The fourth-order valence-electron chi connectivity index (χ4n) is 3.69. The predicted molar refractivity (Wildman–Crippen MR) is 105 cm³/mol. The molecule has 1 N–H and O–H groups in total. The molecule has 0 unspecified atom stereocenters. The van der Waals surface area contributed by atoms with E-state index in [0.29, 0.717) is 12.1 Å². The molecule has 4 rings (SSSR count). The lowest BCUT2D eigenvalue weighted by molar-refractivity contribution is 0.0951. The highest BCUT2D eigenvalue weighted by molar-refractivity contribution is 5.97. The number of rotatable bonds is 6. The van der Waals surface area contributed by atoms with E-state index in [9.17, 15) is 4.79 Å². The van der Waals surface area contributed by atoms with Gasteiger partial charge in [-0.15, -0.1) is 5.10 Å².